The Morgan fingerprint density at radius 3 is 3.00 bits per heavy atom. The number of fused-ring (bicyclic) bond motifs is 1. The van der Waals surface area contributed by atoms with Gasteiger partial charge in [-0.2, -0.15) is 0 Å². The van der Waals surface area contributed by atoms with Crippen LogP contribution in [-0.2, 0) is 0 Å². The van der Waals surface area contributed by atoms with E-state index in [0.29, 0.717) is 11.6 Å². The molecule has 3 heterocycles. The molecule has 1 aliphatic rings. The maximum atomic E-state index is 12.7. The summed E-state index contributed by atoms with van der Waals surface area (Å²) in [7, 11) is 0. The van der Waals surface area contributed by atoms with Crippen molar-refractivity contribution in [3.05, 3.63) is 35.9 Å². The highest BCUT2D eigenvalue weighted by atomic mass is 32.1. The van der Waals surface area contributed by atoms with Crippen LogP contribution in [0.25, 0.3) is 16.2 Å². The number of aromatic nitrogens is 4. The standard InChI is InChI=1S/C16H17N5O2S/c1-9(22)10-6-11(7-10)18-15(23)13-14-12(2-5-24-14)19-16(20-13)21-4-3-17-8-21/h2-5,8-11,22H,6-7H2,1H3,(H,18,23)/t9-,10-,11-/m1/s1. The molecule has 7 nitrogen and oxygen atoms in total. The number of carbonyl (C=O) groups excluding carboxylic acids is 1. The van der Waals surface area contributed by atoms with E-state index in [4.69, 9.17) is 0 Å². The number of nitrogens with zero attached hydrogens (tertiary/aromatic N) is 4. The summed E-state index contributed by atoms with van der Waals surface area (Å²) in [5.41, 5.74) is 1.14. The molecule has 1 amide bonds. The average Bonchev–Trinajstić information content (AvgIpc) is 3.18. The Bertz CT molecular complexity index is 868. The normalized spacial score (nSPS) is 21.4. The van der Waals surface area contributed by atoms with Gasteiger partial charge in [0.1, 0.15) is 6.33 Å². The number of hydrogen-bond acceptors (Lipinski definition) is 6. The van der Waals surface area contributed by atoms with Crippen molar-refractivity contribution in [1.82, 2.24) is 24.8 Å². The number of aliphatic hydroxyl groups excluding tert-OH is 1. The fourth-order valence-corrected chi connectivity index (χ4v) is 3.74. The number of hydrogen-bond donors (Lipinski definition) is 2. The molecule has 3 aromatic rings. The molecule has 3 aromatic heterocycles. The lowest BCUT2D eigenvalue weighted by Crippen LogP contribution is -2.47. The van der Waals surface area contributed by atoms with Crippen LogP contribution in [0.5, 0.6) is 0 Å². The Labute approximate surface area is 142 Å². The van der Waals surface area contributed by atoms with Gasteiger partial charge in [-0.25, -0.2) is 15.0 Å². The fraction of sp³-hybridized carbons (Fsp3) is 0.375. The van der Waals surface area contributed by atoms with Gasteiger partial charge in [0, 0.05) is 18.4 Å². The second kappa shape index (κ2) is 5.95. The van der Waals surface area contributed by atoms with Crippen LogP contribution in [0.3, 0.4) is 0 Å². The Kier molecular flexibility index (Phi) is 3.78. The van der Waals surface area contributed by atoms with Crippen molar-refractivity contribution < 1.29 is 9.90 Å². The van der Waals surface area contributed by atoms with Crippen LogP contribution in [-0.4, -0.2) is 42.7 Å². The Balaban J connectivity index is 1.61. The summed E-state index contributed by atoms with van der Waals surface area (Å²) in [6.45, 7) is 1.79. The van der Waals surface area contributed by atoms with Gasteiger partial charge in [-0.1, -0.05) is 0 Å². The van der Waals surface area contributed by atoms with Gasteiger partial charge in [0.05, 0.1) is 16.3 Å². The molecule has 0 spiro atoms. The molecule has 124 valence electrons. The molecule has 1 saturated carbocycles. The van der Waals surface area contributed by atoms with Crippen molar-refractivity contribution in [2.45, 2.75) is 31.9 Å². The van der Waals surface area contributed by atoms with E-state index in [-0.39, 0.29) is 24.0 Å². The van der Waals surface area contributed by atoms with Gasteiger partial charge in [0.15, 0.2) is 5.69 Å². The quantitative estimate of drug-likeness (QED) is 0.753. The number of imidazole rings is 1. The van der Waals surface area contributed by atoms with Crippen LogP contribution in [0.1, 0.15) is 30.3 Å². The highest BCUT2D eigenvalue weighted by molar-refractivity contribution is 7.17. The zero-order valence-electron chi connectivity index (χ0n) is 13.1. The summed E-state index contributed by atoms with van der Waals surface area (Å²) >= 11 is 1.46. The topological polar surface area (TPSA) is 92.9 Å². The molecule has 0 saturated heterocycles. The lowest BCUT2D eigenvalue weighted by Gasteiger charge is -2.37. The molecule has 0 aliphatic heterocycles. The van der Waals surface area contributed by atoms with Crippen LogP contribution < -0.4 is 5.32 Å². The van der Waals surface area contributed by atoms with Gasteiger partial charge in [-0.3, -0.25) is 9.36 Å². The van der Waals surface area contributed by atoms with Crippen LogP contribution >= 0.6 is 11.3 Å². The van der Waals surface area contributed by atoms with Gasteiger partial charge >= 0.3 is 0 Å². The molecule has 0 bridgehead atoms. The number of thiophene rings is 1. The van der Waals surface area contributed by atoms with Crippen LogP contribution in [0.2, 0.25) is 0 Å². The molecule has 24 heavy (non-hydrogen) atoms. The Morgan fingerprint density at radius 2 is 2.29 bits per heavy atom. The van der Waals surface area contributed by atoms with E-state index in [2.05, 4.69) is 20.3 Å². The largest absolute Gasteiger partial charge is 0.393 e. The summed E-state index contributed by atoms with van der Waals surface area (Å²) < 4.78 is 2.46. The molecule has 1 fully saturated rings. The lowest BCUT2D eigenvalue weighted by molar-refractivity contribution is 0.0509. The molecule has 4 rings (SSSR count). The van der Waals surface area contributed by atoms with Crippen molar-refractivity contribution in [2.24, 2.45) is 5.92 Å². The van der Waals surface area contributed by atoms with E-state index in [1.165, 1.54) is 11.3 Å². The molecule has 0 radical (unpaired) electrons. The monoisotopic (exact) mass is 343 g/mol. The smallest absolute Gasteiger partial charge is 0.271 e. The lowest BCUT2D eigenvalue weighted by atomic mass is 9.77. The molecular weight excluding hydrogens is 326 g/mol. The zero-order valence-corrected chi connectivity index (χ0v) is 13.9. The molecule has 1 aliphatic carbocycles. The SMILES string of the molecule is C[C@@H](O)[C@H]1C[C@H](NC(=O)c2nc(-n3ccnc3)nc3ccsc23)C1. The van der Waals surface area contributed by atoms with Gasteiger partial charge < -0.3 is 10.4 Å². The average molecular weight is 343 g/mol. The first kappa shape index (κ1) is 15.2. The maximum absolute atomic E-state index is 12.7. The number of nitrogens with one attached hydrogen (secondary N) is 1. The summed E-state index contributed by atoms with van der Waals surface area (Å²) in [6.07, 6.45) is 6.27. The highest BCUT2D eigenvalue weighted by Crippen LogP contribution is 2.31. The number of carbonyl (C=O) groups is 1. The van der Waals surface area contributed by atoms with E-state index in [0.717, 1.165) is 23.1 Å². The molecule has 2 N–H and O–H groups in total. The van der Waals surface area contributed by atoms with Crippen molar-refractivity contribution in [3.8, 4) is 5.95 Å². The van der Waals surface area contributed by atoms with Gasteiger partial charge in [-0.05, 0) is 37.1 Å². The molecule has 1 atom stereocenters. The second-order valence-electron chi connectivity index (χ2n) is 6.12. The third-order valence-corrected chi connectivity index (χ3v) is 5.34. The zero-order chi connectivity index (χ0) is 16.7. The van der Waals surface area contributed by atoms with Crippen molar-refractivity contribution in [1.29, 1.82) is 0 Å². The third kappa shape index (κ3) is 2.67. The summed E-state index contributed by atoms with van der Waals surface area (Å²) in [5, 5.41) is 14.5. The van der Waals surface area contributed by atoms with Gasteiger partial charge in [0.2, 0.25) is 5.95 Å². The highest BCUT2D eigenvalue weighted by Gasteiger charge is 2.34. The first-order chi connectivity index (χ1) is 11.6. The fourth-order valence-electron chi connectivity index (χ4n) is 2.93. The summed E-state index contributed by atoms with van der Waals surface area (Å²) in [4.78, 5) is 25.6. The van der Waals surface area contributed by atoms with Crippen molar-refractivity contribution in [2.75, 3.05) is 0 Å². The minimum atomic E-state index is -0.325. The number of aliphatic hydroxyl groups is 1. The second-order valence-corrected chi connectivity index (χ2v) is 7.04. The van der Waals surface area contributed by atoms with Crippen LogP contribution in [0.4, 0.5) is 0 Å². The van der Waals surface area contributed by atoms with Gasteiger partial charge in [0.25, 0.3) is 5.91 Å². The van der Waals surface area contributed by atoms with E-state index < -0.39 is 0 Å². The Morgan fingerprint density at radius 1 is 1.46 bits per heavy atom. The minimum absolute atomic E-state index is 0.0961. The van der Waals surface area contributed by atoms with E-state index in [1.807, 2.05) is 11.4 Å². The van der Waals surface area contributed by atoms with E-state index in [9.17, 15) is 9.90 Å². The van der Waals surface area contributed by atoms with Gasteiger partial charge in [-0.15, -0.1) is 11.3 Å². The first-order valence-electron chi connectivity index (χ1n) is 7.84. The van der Waals surface area contributed by atoms with Crippen molar-refractivity contribution >= 4 is 27.5 Å². The summed E-state index contributed by atoms with van der Waals surface area (Å²) in [5.74, 6) is 0.503. The maximum Gasteiger partial charge on any atom is 0.271 e. The number of rotatable bonds is 4. The molecule has 0 aromatic carbocycles. The predicted molar refractivity (Wildman–Crippen MR) is 90.2 cm³/mol. The first-order valence-corrected chi connectivity index (χ1v) is 8.72. The van der Waals surface area contributed by atoms with E-state index >= 15 is 0 Å². The molecule has 8 heteroatoms. The third-order valence-electron chi connectivity index (χ3n) is 4.43. The van der Waals surface area contributed by atoms with E-state index in [1.54, 1.807) is 30.2 Å². The number of amides is 1. The molecular formula is C16H17N5O2S. The predicted octanol–water partition coefficient (Wildman–Crippen LogP) is 1.77. The summed E-state index contributed by atoms with van der Waals surface area (Å²) in [6, 6.07) is 1.98. The van der Waals surface area contributed by atoms with Crippen molar-refractivity contribution in [3.63, 3.8) is 0 Å². The van der Waals surface area contributed by atoms with Crippen LogP contribution in [0, 0.1) is 5.92 Å². The Hall–Kier alpha value is -2.32. The minimum Gasteiger partial charge on any atom is -0.393 e. The molecule has 0 unspecified atom stereocenters. The van der Waals surface area contributed by atoms with Crippen LogP contribution in [0.15, 0.2) is 30.2 Å².